The second-order valence-electron chi connectivity index (χ2n) is 28.3. The van der Waals surface area contributed by atoms with Crippen molar-refractivity contribution in [1.82, 2.24) is 0 Å². The molecule has 0 aliphatic rings. The van der Waals surface area contributed by atoms with E-state index >= 15 is 0 Å². The lowest BCUT2D eigenvalue weighted by Gasteiger charge is -2.21. The molecule has 0 aromatic rings. The number of carbonyl (C=O) groups excluding carboxylic acids is 4. The molecule has 0 rings (SSSR count). The maximum atomic E-state index is 13.1. The molecule has 0 fully saturated rings. The first-order valence-corrected chi connectivity index (χ1v) is 42.5. The predicted octanol–water partition coefficient (Wildman–Crippen LogP) is 22.3. The molecule has 0 aromatic carbocycles. The van der Waals surface area contributed by atoms with Gasteiger partial charge in [0, 0.05) is 25.7 Å². The lowest BCUT2D eigenvalue weighted by Crippen LogP contribution is -2.30. The lowest BCUT2D eigenvalue weighted by molar-refractivity contribution is -0.161. The number of phosphoric ester groups is 2. The number of aliphatic hydroxyl groups excluding tert-OH is 1. The monoisotopic (exact) mass is 1400 g/mol. The molecule has 5 atom stereocenters. The van der Waals surface area contributed by atoms with Crippen LogP contribution in [0.25, 0.3) is 0 Å². The normalized spacial score (nSPS) is 14.0. The summed E-state index contributed by atoms with van der Waals surface area (Å²) in [6.45, 7) is 9.57. The molecule has 0 saturated carbocycles. The van der Waals surface area contributed by atoms with Crippen molar-refractivity contribution in [3.05, 3.63) is 0 Å². The van der Waals surface area contributed by atoms with E-state index in [1.165, 1.54) is 205 Å². The van der Waals surface area contributed by atoms with Crippen LogP contribution in [-0.4, -0.2) is 96.7 Å². The van der Waals surface area contributed by atoms with Gasteiger partial charge in [-0.3, -0.25) is 37.3 Å². The van der Waals surface area contributed by atoms with Crippen molar-refractivity contribution >= 4 is 39.5 Å². The Labute approximate surface area is 581 Å². The standard InChI is InChI=1S/C76H148O17P2/c1-7-9-11-13-15-17-19-26-31-34-40-46-52-58-73(78)86-64-71(92-76(81)61-55-49-42-36-32-28-25-23-21-20-22-24-27-30-33-38-44-50-56-68(3)4)66-90-94(82,83)88-62-70(77)63-89-95(84,85)91-67-72(65-87-74(79)59-53-47-43-37-39-45-51-57-69(5)6)93-75(80)60-54-48-41-35-29-18-16-14-12-10-8-2/h68-72,77H,7-67H2,1-6H3,(H,82,83)(H,84,85)/t70-,71-,72-/m1/s1. The largest absolute Gasteiger partial charge is 0.472 e. The fraction of sp³-hybridized carbons (Fsp3) is 0.947. The Morgan fingerprint density at radius 2 is 0.484 bits per heavy atom. The van der Waals surface area contributed by atoms with E-state index in [0.29, 0.717) is 31.6 Å². The Kier molecular flexibility index (Phi) is 66.5. The van der Waals surface area contributed by atoms with Gasteiger partial charge in [0.1, 0.15) is 19.3 Å². The molecule has 2 unspecified atom stereocenters. The van der Waals surface area contributed by atoms with Crippen molar-refractivity contribution in [3.8, 4) is 0 Å². The Hall–Kier alpha value is -1.94. The zero-order valence-electron chi connectivity index (χ0n) is 62.0. The Balaban J connectivity index is 5.19. The van der Waals surface area contributed by atoms with Crippen molar-refractivity contribution in [3.63, 3.8) is 0 Å². The van der Waals surface area contributed by atoms with Crippen molar-refractivity contribution in [2.75, 3.05) is 39.6 Å². The number of unbranched alkanes of at least 4 members (excludes halogenated alkanes) is 45. The molecule has 19 heteroatoms. The zero-order valence-corrected chi connectivity index (χ0v) is 63.8. The predicted molar refractivity (Wildman–Crippen MR) is 386 cm³/mol. The van der Waals surface area contributed by atoms with Gasteiger partial charge in [0.05, 0.1) is 26.4 Å². The van der Waals surface area contributed by atoms with E-state index in [0.717, 1.165) is 102 Å². The topological polar surface area (TPSA) is 237 Å². The van der Waals surface area contributed by atoms with Gasteiger partial charge in [0.15, 0.2) is 12.2 Å². The van der Waals surface area contributed by atoms with Gasteiger partial charge in [-0.25, -0.2) is 9.13 Å². The van der Waals surface area contributed by atoms with Gasteiger partial charge in [0.25, 0.3) is 0 Å². The third-order valence-corrected chi connectivity index (χ3v) is 19.6. The van der Waals surface area contributed by atoms with Crippen molar-refractivity contribution in [1.29, 1.82) is 0 Å². The molecule has 0 bridgehead atoms. The molecule has 95 heavy (non-hydrogen) atoms. The summed E-state index contributed by atoms with van der Waals surface area (Å²) in [5.74, 6) is -0.590. The number of rotatable bonds is 75. The van der Waals surface area contributed by atoms with Crippen LogP contribution < -0.4 is 0 Å². The minimum atomic E-state index is -4.96. The van der Waals surface area contributed by atoms with E-state index in [1.807, 2.05) is 0 Å². The SMILES string of the molecule is CCCCCCCCCCCCCCCC(=O)OC[C@H](COP(=O)(O)OC[C@@H](O)COP(=O)(O)OC[C@@H](COC(=O)CCCCCCCCCC(C)C)OC(=O)CCCCCCCCCCCCC)OC(=O)CCCCCCCCCCCCCCCCCCCCC(C)C. The van der Waals surface area contributed by atoms with E-state index in [2.05, 4.69) is 41.5 Å². The van der Waals surface area contributed by atoms with Gasteiger partial charge in [-0.1, -0.05) is 343 Å². The third kappa shape index (κ3) is 70.3. The molecule has 17 nitrogen and oxygen atoms in total. The molecule has 0 spiro atoms. The fourth-order valence-corrected chi connectivity index (χ4v) is 13.2. The van der Waals surface area contributed by atoms with Gasteiger partial charge in [-0.05, 0) is 37.5 Å². The van der Waals surface area contributed by atoms with Crippen LogP contribution in [0.15, 0.2) is 0 Å². The Morgan fingerprint density at radius 3 is 0.716 bits per heavy atom. The zero-order chi connectivity index (χ0) is 70.0. The van der Waals surface area contributed by atoms with Crippen molar-refractivity contribution < 1.29 is 80.2 Å². The number of ether oxygens (including phenoxy) is 4. The molecule has 0 heterocycles. The van der Waals surface area contributed by atoms with Gasteiger partial charge < -0.3 is 33.8 Å². The van der Waals surface area contributed by atoms with Gasteiger partial charge in [-0.15, -0.1) is 0 Å². The highest BCUT2D eigenvalue weighted by Crippen LogP contribution is 2.45. The summed E-state index contributed by atoms with van der Waals surface area (Å²) in [5, 5.41) is 10.6. The van der Waals surface area contributed by atoms with E-state index in [-0.39, 0.29) is 25.7 Å². The first-order valence-electron chi connectivity index (χ1n) is 39.5. The number of hydrogen-bond donors (Lipinski definition) is 3. The van der Waals surface area contributed by atoms with Gasteiger partial charge >= 0.3 is 39.5 Å². The van der Waals surface area contributed by atoms with Crippen LogP contribution in [0.3, 0.4) is 0 Å². The molecule has 0 aliphatic carbocycles. The van der Waals surface area contributed by atoms with Crippen LogP contribution >= 0.6 is 15.6 Å². The summed E-state index contributed by atoms with van der Waals surface area (Å²) >= 11 is 0. The van der Waals surface area contributed by atoms with E-state index in [9.17, 15) is 43.2 Å². The number of esters is 4. The quantitative estimate of drug-likeness (QED) is 0.0222. The Bertz CT molecular complexity index is 1840. The summed E-state index contributed by atoms with van der Waals surface area (Å²) in [5.41, 5.74) is 0. The molecule has 564 valence electrons. The molecule has 0 aromatic heterocycles. The fourth-order valence-electron chi connectivity index (χ4n) is 11.7. The van der Waals surface area contributed by atoms with Crippen LogP contribution in [0, 0.1) is 11.8 Å². The number of phosphoric acid groups is 2. The molecule has 0 aliphatic heterocycles. The molecule has 0 radical (unpaired) electrons. The summed E-state index contributed by atoms with van der Waals surface area (Å²) in [6, 6.07) is 0. The van der Waals surface area contributed by atoms with E-state index in [4.69, 9.17) is 37.0 Å². The summed E-state index contributed by atoms with van der Waals surface area (Å²) in [6.07, 6.45) is 55.6. The smallest absolute Gasteiger partial charge is 0.462 e. The number of aliphatic hydroxyl groups is 1. The minimum Gasteiger partial charge on any atom is -0.462 e. The highest BCUT2D eigenvalue weighted by atomic mass is 31.2. The Morgan fingerprint density at radius 1 is 0.284 bits per heavy atom. The minimum absolute atomic E-state index is 0.106. The van der Waals surface area contributed by atoms with Crippen LogP contribution in [0.5, 0.6) is 0 Å². The van der Waals surface area contributed by atoms with Gasteiger partial charge in [0.2, 0.25) is 0 Å². The number of hydrogen-bond acceptors (Lipinski definition) is 15. The second kappa shape index (κ2) is 67.9. The molecule has 3 N–H and O–H groups in total. The average Bonchev–Trinajstić information content (AvgIpc) is 1.58. The second-order valence-corrected chi connectivity index (χ2v) is 31.3. The molecule has 0 amide bonds. The van der Waals surface area contributed by atoms with Crippen molar-refractivity contribution in [2.24, 2.45) is 11.8 Å². The number of carbonyl (C=O) groups is 4. The van der Waals surface area contributed by atoms with Crippen LogP contribution in [-0.2, 0) is 65.4 Å². The maximum Gasteiger partial charge on any atom is 0.472 e. The van der Waals surface area contributed by atoms with E-state index < -0.39 is 97.5 Å². The molecule has 0 saturated heterocycles. The molecular formula is C76H148O17P2. The van der Waals surface area contributed by atoms with Crippen LogP contribution in [0.1, 0.15) is 395 Å². The summed E-state index contributed by atoms with van der Waals surface area (Å²) in [7, 11) is -9.91. The summed E-state index contributed by atoms with van der Waals surface area (Å²) in [4.78, 5) is 72.7. The van der Waals surface area contributed by atoms with Crippen molar-refractivity contribution in [2.45, 2.75) is 413 Å². The lowest BCUT2D eigenvalue weighted by atomic mass is 10.0. The highest BCUT2D eigenvalue weighted by Gasteiger charge is 2.30. The first-order chi connectivity index (χ1) is 45.9. The van der Waals surface area contributed by atoms with E-state index in [1.54, 1.807) is 0 Å². The van der Waals surface area contributed by atoms with Crippen LogP contribution in [0.2, 0.25) is 0 Å². The first kappa shape index (κ1) is 93.1. The third-order valence-electron chi connectivity index (χ3n) is 17.7. The van der Waals surface area contributed by atoms with Gasteiger partial charge in [-0.2, -0.15) is 0 Å². The highest BCUT2D eigenvalue weighted by molar-refractivity contribution is 7.47. The maximum absolute atomic E-state index is 13.1. The van der Waals surface area contributed by atoms with Crippen LogP contribution in [0.4, 0.5) is 0 Å². The molecular weight excluding hydrogens is 1250 g/mol. The average molecular weight is 1400 g/mol. The summed E-state index contributed by atoms with van der Waals surface area (Å²) < 4.78 is 68.5.